The molecule has 7 rings (SSSR count). The Kier molecular flexibility index (Phi) is 20.4. The van der Waals surface area contributed by atoms with Crippen molar-refractivity contribution in [1.29, 1.82) is 0 Å². The Morgan fingerprint density at radius 2 is 1.38 bits per heavy atom. The molecule has 0 aliphatic carbocycles. The molecular formula is C56H64FN5O14. The van der Waals surface area contributed by atoms with Crippen LogP contribution in [0.3, 0.4) is 0 Å². The third-order valence-corrected chi connectivity index (χ3v) is 12.7. The predicted octanol–water partition coefficient (Wildman–Crippen LogP) is 6.27. The van der Waals surface area contributed by atoms with Crippen LogP contribution < -0.4 is 20.7 Å². The van der Waals surface area contributed by atoms with Crippen LogP contribution in [-0.2, 0) is 39.9 Å². The van der Waals surface area contributed by atoms with E-state index in [0.717, 1.165) is 10.5 Å². The van der Waals surface area contributed by atoms with Gasteiger partial charge >= 0.3 is 5.97 Å². The average molecular weight is 1050 g/mol. The number of piperidine rings is 1. The summed E-state index contributed by atoms with van der Waals surface area (Å²) in [6, 6.07) is 26.1. The van der Waals surface area contributed by atoms with E-state index in [1.165, 1.54) is 18.2 Å². The highest BCUT2D eigenvalue weighted by atomic mass is 19.1. The number of imide groups is 2. The zero-order valence-corrected chi connectivity index (χ0v) is 42.5. The van der Waals surface area contributed by atoms with Gasteiger partial charge in [-0.1, -0.05) is 50.2 Å². The maximum Gasteiger partial charge on any atom is 0.305 e. The normalized spacial score (nSPS) is 15.2. The fraction of sp³-hybridized carbons (Fsp3) is 0.393. The fourth-order valence-electron chi connectivity index (χ4n) is 9.22. The number of aliphatic carboxylic acids is 1. The zero-order chi connectivity index (χ0) is 54.1. The van der Waals surface area contributed by atoms with Crippen molar-refractivity contribution in [2.75, 3.05) is 76.6 Å². The first-order valence-electron chi connectivity index (χ1n) is 25.3. The lowest BCUT2D eigenvalue weighted by Crippen LogP contribution is -2.54. The predicted molar refractivity (Wildman–Crippen MR) is 278 cm³/mol. The summed E-state index contributed by atoms with van der Waals surface area (Å²) in [5, 5.41) is 38.7. The number of halogens is 1. The Bertz CT molecular complexity index is 2810. The molecule has 1 aromatic heterocycles. The number of carboxylic acid groups (broad SMARTS) is 1. The van der Waals surface area contributed by atoms with Gasteiger partial charge in [-0.3, -0.25) is 39.0 Å². The summed E-state index contributed by atoms with van der Waals surface area (Å²) in [7, 11) is 0. The number of nitrogens with one attached hydrogen (secondary N) is 3. The topological polar surface area (TPSA) is 254 Å². The highest BCUT2D eigenvalue weighted by Gasteiger charge is 2.45. The number of fused-ring (bicyclic) bond motifs is 1. The average Bonchev–Trinajstić information content (AvgIpc) is 3.91. The number of ether oxygens (including phenoxy) is 5. The highest BCUT2D eigenvalue weighted by molar-refractivity contribution is 6.25. The molecule has 0 radical (unpaired) electrons. The molecule has 5 aromatic rings. The van der Waals surface area contributed by atoms with E-state index in [1.807, 2.05) is 48.7 Å². The lowest BCUT2D eigenvalue weighted by molar-refractivity contribution is -0.140. The smallest absolute Gasteiger partial charge is 0.305 e. The van der Waals surface area contributed by atoms with Crippen molar-refractivity contribution in [3.63, 3.8) is 0 Å². The number of aliphatic hydroxyl groups is 2. The SMILES string of the molecule is CC(C)c1c(C(=O)Nc2ccc(OCCOCCOCCOCCOCCNc3cccc4c3C(=O)N(C3CCC(=O)NC3=O)C4=O)cc2)c(-c2ccccc2)c(-c2ccc(F)cc2)n1CC[C@@H](O)C[C@@H](O)CC(=O)O. The molecule has 4 aromatic carbocycles. The van der Waals surface area contributed by atoms with E-state index >= 15 is 0 Å². The van der Waals surface area contributed by atoms with Crippen molar-refractivity contribution in [2.24, 2.45) is 0 Å². The molecular weight excluding hydrogens is 986 g/mol. The molecule has 0 bridgehead atoms. The summed E-state index contributed by atoms with van der Waals surface area (Å²) in [5.41, 5.74) is 5.08. The standard InChI is InChI=1S/C56H64FN5O14/c1-35(2)51-50(48(36-7-4-3-5-8-36)52(37-11-13-38(57)14-12-37)61(51)23-21-40(63)33-41(64)34-47(66)67)54(69)59-39-15-17-42(18-16-39)76-32-31-75-30-29-74-28-27-73-26-25-72-24-22-58-44-10-6-9-43-49(44)56(71)62(55(43)70)45-19-20-46(65)60-53(45)68/h3-18,35,40-41,45,58,63-64H,19-34H2,1-2H3,(H,59,69)(H,66,67)(H,60,65,68)/t40-,41-,45?/m1/s1. The molecule has 0 saturated carbocycles. The van der Waals surface area contributed by atoms with Crippen LogP contribution in [-0.4, -0.2) is 145 Å². The Morgan fingerprint density at radius 1 is 0.737 bits per heavy atom. The first-order chi connectivity index (χ1) is 36.7. The van der Waals surface area contributed by atoms with Gasteiger partial charge in [-0.05, 0) is 97.0 Å². The van der Waals surface area contributed by atoms with Crippen LogP contribution in [0.1, 0.15) is 88.6 Å². The van der Waals surface area contributed by atoms with E-state index < -0.39 is 60.1 Å². The van der Waals surface area contributed by atoms with Gasteiger partial charge in [0.2, 0.25) is 11.8 Å². The largest absolute Gasteiger partial charge is 0.491 e. The van der Waals surface area contributed by atoms with Crippen molar-refractivity contribution in [2.45, 2.75) is 76.7 Å². The minimum atomic E-state index is -1.23. The number of hydrogen-bond acceptors (Lipinski definition) is 14. The van der Waals surface area contributed by atoms with Crippen molar-refractivity contribution in [3.8, 4) is 28.1 Å². The summed E-state index contributed by atoms with van der Waals surface area (Å²) in [4.78, 5) is 77.0. The molecule has 3 heterocycles. The lowest BCUT2D eigenvalue weighted by Gasteiger charge is -2.27. The molecule has 1 fully saturated rings. The summed E-state index contributed by atoms with van der Waals surface area (Å²) in [6.07, 6.45) is -2.66. The minimum Gasteiger partial charge on any atom is -0.491 e. The Morgan fingerprint density at radius 3 is 2.01 bits per heavy atom. The van der Waals surface area contributed by atoms with Gasteiger partial charge in [0.25, 0.3) is 17.7 Å². The third-order valence-electron chi connectivity index (χ3n) is 12.7. The van der Waals surface area contributed by atoms with Gasteiger partial charge in [-0.15, -0.1) is 0 Å². The second-order valence-electron chi connectivity index (χ2n) is 18.5. The molecule has 2 aliphatic rings. The Labute approximate surface area is 439 Å². The molecule has 76 heavy (non-hydrogen) atoms. The van der Waals surface area contributed by atoms with Crippen molar-refractivity contribution < 1.29 is 72.2 Å². The van der Waals surface area contributed by atoms with Crippen molar-refractivity contribution >= 4 is 46.9 Å². The molecule has 404 valence electrons. The first kappa shape index (κ1) is 56.4. The number of carboxylic acids is 1. The Hall–Kier alpha value is -7.33. The molecule has 20 heteroatoms. The van der Waals surface area contributed by atoms with Crippen molar-refractivity contribution in [3.05, 3.63) is 125 Å². The molecule has 1 unspecified atom stereocenters. The summed E-state index contributed by atoms with van der Waals surface area (Å²) in [6.45, 7) is 7.40. The molecule has 0 spiro atoms. The summed E-state index contributed by atoms with van der Waals surface area (Å²) in [5.74, 6) is -3.88. The maximum absolute atomic E-state index is 14.6. The number of nitrogens with zero attached hydrogens (tertiary/aromatic N) is 2. The number of benzene rings is 4. The van der Waals surface area contributed by atoms with Gasteiger partial charge in [-0.2, -0.15) is 0 Å². The second-order valence-corrected chi connectivity index (χ2v) is 18.5. The first-order valence-corrected chi connectivity index (χ1v) is 25.3. The van der Waals surface area contributed by atoms with Crippen LogP contribution in [0, 0.1) is 5.82 Å². The number of amides is 5. The van der Waals surface area contributed by atoms with Crippen LogP contribution >= 0.6 is 0 Å². The summed E-state index contributed by atoms with van der Waals surface area (Å²) < 4.78 is 44.6. The second kappa shape index (κ2) is 27.5. The highest BCUT2D eigenvalue weighted by Crippen LogP contribution is 2.43. The molecule has 3 atom stereocenters. The van der Waals surface area contributed by atoms with Gasteiger partial charge in [-0.25, -0.2) is 4.39 Å². The number of anilines is 2. The maximum atomic E-state index is 14.6. The number of rotatable bonds is 30. The van der Waals surface area contributed by atoms with Crippen LogP contribution in [0.5, 0.6) is 5.75 Å². The van der Waals surface area contributed by atoms with Crippen LogP contribution in [0.4, 0.5) is 15.8 Å². The van der Waals surface area contributed by atoms with Crippen LogP contribution in [0.25, 0.3) is 22.4 Å². The zero-order valence-electron chi connectivity index (χ0n) is 42.5. The third kappa shape index (κ3) is 14.7. The number of aliphatic hydroxyl groups excluding tert-OH is 2. The summed E-state index contributed by atoms with van der Waals surface area (Å²) >= 11 is 0. The van der Waals surface area contributed by atoms with E-state index in [0.29, 0.717) is 105 Å². The van der Waals surface area contributed by atoms with E-state index in [2.05, 4.69) is 16.0 Å². The molecule has 1 saturated heterocycles. The number of carbonyl (C=O) groups excluding carboxylic acids is 5. The van der Waals surface area contributed by atoms with E-state index in [-0.39, 0.29) is 61.8 Å². The fourth-order valence-corrected chi connectivity index (χ4v) is 9.22. The van der Waals surface area contributed by atoms with Crippen LogP contribution in [0.15, 0.2) is 97.1 Å². The monoisotopic (exact) mass is 1050 g/mol. The molecule has 2 aliphatic heterocycles. The number of carbonyl (C=O) groups is 6. The van der Waals surface area contributed by atoms with Crippen LogP contribution in [0.2, 0.25) is 0 Å². The minimum absolute atomic E-state index is 0.0426. The van der Waals surface area contributed by atoms with E-state index in [1.54, 1.807) is 48.5 Å². The molecule has 19 nitrogen and oxygen atoms in total. The van der Waals surface area contributed by atoms with Gasteiger partial charge in [0.1, 0.15) is 24.2 Å². The van der Waals surface area contributed by atoms with Gasteiger partial charge < -0.3 is 54.2 Å². The molecule has 5 amide bonds. The number of hydrogen-bond donors (Lipinski definition) is 6. The van der Waals surface area contributed by atoms with E-state index in [4.69, 9.17) is 28.8 Å². The van der Waals surface area contributed by atoms with Crippen molar-refractivity contribution in [1.82, 2.24) is 14.8 Å². The quantitative estimate of drug-likeness (QED) is 0.0219. The van der Waals surface area contributed by atoms with Gasteiger partial charge in [0, 0.05) is 42.1 Å². The number of aromatic nitrogens is 1. The van der Waals surface area contributed by atoms with Gasteiger partial charge in [0.15, 0.2) is 0 Å². The Balaban J connectivity index is 0.812. The van der Waals surface area contributed by atoms with Gasteiger partial charge in [0.05, 0.1) is 93.9 Å². The lowest BCUT2D eigenvalue weighted by atomic mass is 9.94. The van der Waals surface area contributed by atoms with E-state index in [9.17, 15) is 43.4 Å². The molecule has 6 N–H and O–H groups in total.